The summed E-state index contributed by atoms with van der Waals surface area (Å²) in [4.78, 5) is 20.6. The molecule has 18 heavy (non-hydrogen) atoms. The molecule has 0 bridgehead atoms. The van der Waals surface area contributed by atoms with Crippen LogP contribution in [0.4, 0.5) is 0 Å². The summed E-state index contributed by atoms with van der Waals surface area (Å²) in [6.07, 6.45) is 6.33. The summed E-state index contributed by atoms with van der Waals surface area (Å²) < 4.78 is 0. The van der Waals surface area contributed by atoms with Gasteiger partial charge in [0, 0.05) is 24.9 Å². The third-order valence-electron chi connectivity index (χ3n) is 3.25. The average Bonchev–Trinajstić information content (AvgIpc) is 2.90. The highest BCUT2D eigenvalue weighted by Gasteiger charge is 2.29. The van der Waals surface area contributed by atoms with Gasteiger partial charge in [0.1, 0.15) is 6.04 Å². The third-order valence-corrected chi connectivity index (χ3v) is 3.25. The van der Waals surface area contributed by atoms with Gasteiger partial charge in [-0.25, -0.2) is 4.98 Å². The highest BCUT2D eigenvalue weighted by molar-refractivity contribution is 5.82. The number of aromatic nitrogens is 2. The fourth-order valence-corrected chi connectivity index (χ4v) is 2.26. The molecule has 1 aliphatic rings. The van der Waals surface area contributed by atoms with Gasteiger partial charge in [-0.3, -0.25) is 4.79 Å². The lowest BCUT2D eigenvalue weighted by molar-refractivity contribution is -0.135. The van der Waals surface area contributed by atoms with E-state index in [0.29, 0.717) is 13.0 Å². The van der Waals surface area contributed by atoms with E-state index in [-0.39, 0.29) is 11.9 Å². The number of nitrogens with zero attached hydrogens (tertiary/aromatic N) is 3. The van der Waals surface area contributed by atoms with Crippen LogP contribution in [0.1, 0.15) is 25.0 Å². The van der Waals surface area contributed by atoms with Crippen LogP contribution < -0.4 is 5.73 Å². The third kappa shape index (κ3) is 2.68. The zero-order chi connectivity index (χ0) is 13.0. The minimum atomic E-state index is -0.612. The van der Waals surface area contributed by atoms with E-state index >= 15 is 0 Å². The van der Waals surface area contributed by atoms with Crippen LogP contribution in [0.2, 0.25) is 0 Å². The van der Waals surface area contributed by atoms with Crippen molar-refractivity contribution in [2.45, 2.75) is 37.8 Å². The predicted octanol–water partition coefficient (Wildman–Crippen LogP) is 0.184. The molecule has 0 radical (unpaired) electrons. The fraction of sp³-hybridized carbons (Fsp3) is 0.583. The second-order valence-corrected chi connectivity index (χ2v) is 4.56. The summed E-state index contributed by atoms with van der Waals surface area (Å²) in [5.41, 5.74) is 6.74. The van der Waals surface area contributed by atoms with Crippen LogP contribution in [-0.2, 0) is 11.2 Å². The molecule has 96 valence electrons. The number of imidazole rings is 1. The first-order valence-corrected chi connectivity index (χ1v) is 6.15. The van der Waals surface area contributed by atoms with Crippen molar-refractivity contribution in [3.05, 3.63) is 18.2 Å². The number of nitrogens with one attached hydrogen (secondary N) is 1. The standard InChI is InChI=1S/C12H17N5O/c13-6-10-3-1-2-4-17(10)12(18)11(14)5-9-7-15-8-16-9/h7-8,10-11H,1-5,14H2,(H,15,16)/t10?,11-/m0/s1. The predicted molar refractivity (Wildman–Crippen MR) is 65.2 cm³/mol. The minimum absolute atomic E-state index is 0.143. The lowest BCUT2D eigenvalue weighted by atomic mass is 10.0. The number of aromatic amines is 1. The number of hydrogen-bond acceptors (Lipinski definition) is 4. The van der Waals surface area contributed by atoms with Gasteiger partial charge in [-0.05, 0) is 19.3 Å². The van der Waals surface area contributed by atoms with Gasteiger partial charge in [0.2, 0.25) is 5.91 Å². The Morgan fingerprint density at radius 2 is 2.56 bits per heavy atom. The SMILES string of the molecule is N#CC1CCCCN1C(=O)[C@@H](N)Cc1cnc[nH]1. The summed E-state index contributed by atoms with van der Waals surface area (Å²) in [5, 5.41) is 9.05. The molecule has 6 heteroatoms. The van der Waals surface area contributed by atoms with Gasteiger partial charge in [-0.15, -0.1) is 0 Å². The van der Waals surface area contributed by atoms with E-state index in [1.807, 2.05) is 0 Å². The van der Waals surface area contributed by atoms with E-state index in [1.165, 1.54) is 0 Å². The van der Waals surface area contributed by atoms with E-state index < -0.39 is 6.04 Å². The average molecular weight is 247 g/mol. The zero-order valence-electron chi connectivity index (χ0n) is 10.2. The lowest BCUT2D eigenvalue weighted by Gasteiger charge is -2.33. The smallest absolute Gasteiger partial charge is 0.240 e. The van der Waals surface area contributed by atoms with Crippen molar-refractivity contribution in [2.24, 2.45) is 5.73 Å². The summed E-state index contributed by atoms with van der Waals surface area (Å²) in [6, 6.07) is 1.25. The van der Waals surface area contributed by atoms with Crippen molar-refractivity contribution < 1.29 is 4.79 Å². The Morgan fingerprint density at radius 1 is 1.72 bits per heavy atom. The van der Waals surface area contributed by atoms with Crippen LogP contribution in [0.3, 0.4) is 0 Å². The van der Waals surface area contributed by atoms with Gasteiger partial charge in [0.15, 0.2) is 0 Å². The molecule has 2 heterocycles. The maximum atomic E-state index is 12.2. The van der Waals surface area contributed by atoms with Crippen LogP contribution in [0.25, 0.3) is 0 Å². The Kier molecular flexibility index (Phi) is 3.95. The van der Waals surface area contributed by atoms with Gasteiger partial charge in [-0.2, -0.15) is 5.26 Å². The number of nitriles is 1. The van der Waals surface area contributed by atoms with E-state index in [1.54, 1.807) is 17.4 Å². The van der Waals surface area contributed by atoms with Crippen molar-refractivity contribution >= 4 is 5.91 Å². The fourth-order valence-electron chi connectivity index (χ4n) is 2.26. The van der Waals surface area contributed by atoms with E-state index in [0.717, 1.165) is 25.0 Å². The quantitative estimate of drug-likeness (QED) is 0.796. The number of carbonyl (C=O) groups is 1. The normalized spacial score (nSPS) is 21.3. The molecule has 1 unspecified atom stereocenters. The number of H-pyrrole nitrogens is 1. The maximum absolute atomic E-state index is 12.2. The highest BCUT2D eigenvalue weighted by Crippen LogP contribution is 2.17. The van der Waals surface area contributed by atoms with Crippen molar-refractivity contribution in [3.8, 4) is 6.07 Å². The lowest BCUT2D eigenvalue weighted by Crippen LogP contribution is -2.51. The van der Waals surface area contributed by atoms with Crippen molar-refractivity contribution in [2.75, 3.05) is 6.54 Å². The molecule has 2 atom stereocenters. The topological polar surface area (TPSA) is 98.8 Å². The van der Waals surface area contributed by atoms with Gasteiger partial charge >= 0.3 is 0 Å². The van der Waals surface area contributed by atoms with Gasteiger partial charge in [0.05, 0.1) is 18.4 Å². The van der Waals surface area contributed by atoms with Gasteiger partial charge < -0.3 is 15.6 Å². The van der Waals surface area contributed by atoms with Crippen molar-refractivity contribution in [1.29, 1.82) is 5.26 Å². The number of rotatable bonds is 3. The van der Waals surface area contributed by atoms with Crippen molar-refractivity contribution in [3.63, 3.8) is 0 Å². The molecular formula is C12H17N5O. The monoisotopic (exact) mass is 247 g/mol. The number of carbonyl (C=O) groups excluding carboxylic acids is 1. The van der Waals surface area contributed by atoms with Crippen LogP contribution in [0, 0.1) is 11.3 Å². The van der Waals surface area contributed by atoms with E-state index in [4.69, 9.17) is 11.0 Å². The van der Waals surface area contributed by atoms with Crippen LogP contribution in [0.15, 0.2) is 12.5 Å². The summed E-state index contributed by atoms with van der Waals surface area (Å²) in [6.45, 7) is 0.633. The largest absolute Gasteiger partial charge is 0.348 e. The number of nitrogens with two attached hydrogens (primary N) is 1. The Hall–Kier alpha value is -1.87. The second kappa shape index (κ2) is 5.65. The first-order valence-electron chi connectivity index (χ1n) is 6.15. The van der Waals surface area contributed by atoms with Crippen LogP contribution >= 0.6 is 0 Å². The molecular weight excluding hydrogens is 230 g/mol. The number of likely N-dealkylation sites (tertiary alicyclic amines) is 1. The van der Waals surface area contributed by atoms with E-state index in [2.05, 4.69) is 16.0 Å². The molecule has 1 aromatic heterocycles. The van der Waals surface area contributed by atoms with Gasteiger partial charge in [0.25, 0.3) is 0 Å². The molecule has 1 fully saturated rings. The molecule has 0 aromatic carbocycles. The van der Waals surface area contributed by atoms with Gasteiger partial charge in [-0.1, -0.05) is 0 Å². The Morgan fingerprint density at radius 3 is 3.22 bits per heavy atom. The Labute approximate surface area is 106 Å². The minimum Gasteiger partial charge on any atom is -0.348 e. The Balaban J connectivity index is 1.99. The second-order valence-electron chi connectivity index (χ2n) is 4.56. The zero-order valence-corrected chi connectivity index (χ0v) is 10.2. The number of hydrogen-bond donors (Lipinski definition) is 2. The molecule has 1 amide bonds. The molecule has 1 aromatic rings. The first-order chi connectivity index (χ1) is 8.72. The Bertz CT molecular complexity index is 436. The molecule has 1 saturated heterocycles. The first kappa shape index (κ1) is 12.6. The maximum Gasteiger partial charge on any atom is 0.240 e. The number of amides is 1. The number of piperidine rings is 1. The molecule has 0 saturated carbocycles. The summed E-state index contributed by atoms with van der Waals surface area (Å²) in [5.74, 6) is -0.143. The molecule has 6 nitrogen and oxygen atoms in total. The highest BCUT2D eigenvalue weighted by atomic mass is 16.2. The van der Waals surface area contributed by atoms with Crippen LogP contribution in [-0.4, -0.2) is 39.4 Å². The van der Waals surface area contributed by atoms with E-state index in [9.17, 15) is 4.79 Å². The van der Waals surface area contributed by atoms with Crippen molar-refractivity contribution in [1.82, 2.24) is 14.9 Å². The summed E-state index contributed by atoms with van der Waals surface area (Å²) in [7, 11) is 0. The molecule has 0 aliphatic carbocycles. The molecule has 1 aliphatic heterocycles. The molecule has 2 rings (SSSR count). The molecule has 3 N–H and O–H groups in total. The summed E-state index contributed by atoms with van der Waals surface area (Å²) >= 11 is 0. The molecule has 0 spiro atoms. The van der Waals surface area contributed by atoms with Crippen LogP contribution in [0.5, 0.6) is 0 Å².